The lowest BCUT2D eigenvalue weighted by atomic mass is 10.1. The fraction of sp³-hybridized carbons (Fsp3) is 0.0588. The number of imidazole rings is 1. The van der Waals surface area contributed by atoms with Gasteiger partial charge < -0.3 is 15.3 Å². The average molecular weight is 290 g/mol. The molecule has 0 spiro atoms. The largest absolute Gasteiger partial charge is 0.361 e. The van der Waals surface area contributed by atoms with E-state index in [1.54, 1.807) is 0 Å². The molecule has 0 fully saturated rings. The van der Waals surface area contributed by atoms with Crippen LogP contribution in [0.25, 0.3) is 21.9 Å². The van der Waals surface area contributed by atoms with Gasteiger partial charge in [0.05, 0.1) is 17.6 Å². The number of nitrogens with one attached hydrogen (secondary N) is 3. The van der Waals surface area contributed by atoms with Crippen LogP contribution in [0, 0.1) is 0 Å². The van der Waals surface area contributed by atoms with Crippen LogP contribution >= 0.6 is 0 Å². The third kappa shape index (κ3) is 2.22. The van der Waals surface area contributed by atoms with Gasteiger partial charge in [-0.15, -0.1) is 0 Å². The summed E-state index contributed by atoms with van der Waals surface area (Å²) in [5, 5.41) is 3.91. The van der Waals surface area contributed by atoms with E-state index in [1.165, 1.54) is 0 Å². The van der Waals surface area contributed by atoms with Crippen LogP contribution in [-0.4, -0.2) is 20.9 Å². The van der Waals surface area contributed by atoms with Gasteiger partial charge in [0.2, 0.25) is 0 Å². The molecular weight excluding hydrogens is 276 g/mol. The Balaban J connectivity index is 1.51. The maximum atomic E-state index is 12.2. The van der Waals surface area contributed by atoms with Gasteiger partial charge in [-0.2, -0.15) is 0 Å². The molecule has 0 aliphatic carbocycles. The van der Waals surface area contributed by atoms with Crippen LogP contribution < -0.4 is 5.32 Å². The molecule has 0 aliphatic heterocycles. The molecule has 1 amide bonds. The summed E-state index contributed by atoms with van der Waals surface area (Å²) >= 11 is 0. The predicted molar refractivity (Wildman–Crippen MR) is 85.6 cm³/mol. The molecule has 0 radical (unpaired) electrons. The van der Waals surface area contributed by atoms with Gasteiger partial charge in [-0.25, -0.2) is 4.98 Å². The summed E-state index contributed by atoms with van der Waals surface area (Å²) in [5.74, 6) is 0.640. The zero-order valence-electron chi connectivity index (χ0n) is 11.8. The molecule has 108 valence electrons. The Kier molecular flexibility index (Phi) is 2.89. The maximum absolute atomic E-state index is 12.2. The smallest absolute Gasteiger partial charge is 0.251 e. The minimum atomic E-state index is -0.108. The van der Waals surface area contributed by atoms with Gasteiger partial charge in [0.15, 0.2) is 0 Å². The number of fused-ring (bicyclic) bond motifs is 2. The Morgan fingerprint density at radius 2 is 2.00 bits per heavy atom. The van der Waals surface area contributed by atoms with E-state index in [9.17, 15) is 4.79 Å². The lowest BCUT2D eigenvalue weighted by molar-refractivity contribution is 0.0950. The van der Waals surface area contributed by atoms with Gasteiger partial charge >= 0.3 is 0 Å². The monoisotopic (exact) mass is 290 g/mol. The van der Waals surface area contributed by atoms with Gasteiger partial charge in [0, 0.05) is 22.7 Å². The number of aromatic nitrogens is 3. The van der Waals surface area contributed by atoms with E-state index in [1.807, 2.05) is 54.7 Å². The zero-order valence-corrected chi connectivity index (χ0v) is 11.8. The van der Waals surface area contributed by atoms with Crippen LogP contribution in [0.15, 0.2) is 54.7 Å². The second-order valence-corrected chi connectivity index (χ2v) is 5.16. The molecule has 5 heteroatoms. The predicted octanol–water partition coefficient (Wildman–Crippen LogP) is 2.97. The molecule has 0 saturated carbocycles. The van der Waals surface area contributed by atoms with Gasteiger partial charge in [0.25, 0.3) is 5.91 Å². The second kappa shape index (κ2) is 5.04. The van der Waals surface area contributed by atoms with E-state index >= 15 is 0 Å². The van der Waals surface area contributed by atoms with Crippen molar-refractivity contribution in [2.45, 2.75) is 6.54 Å². The van der Waals surface area contributed by atoms with E-state index < -0.39 is 0 Å². The van der Waals surface area contributed by atoms with Gasteiger partial charge in [0.1, 0.15) is 5.82 Å². The van der Waals surface area contributed by atoms with Crippen molar-refractivity contribution in [1.82, 2.24) is 20.3 Å². The van der Waals surface area contributed by atoms with Crippen molar-refractivity contribution in [3.8, 4) is 0 Å². The van der Waals surface area contributed by atoms with Crippen LogP contribution in [0.1, 0.15) is 16.2 Å². The summed E-state index contributed by atoms with van der Waals surface area (Å²) in [6.45, 7) is 0.374. The van der Waals surface area contributed by atoms with Crippen molar-refractivity contribution < 1.29 is 4.79 Å². The molecule has 0 saturated heterocycles. The van der Waals surface area contributed by atoms with Crippen molar-refractivity contribution in [2.24, 2.45) is 0 Å². The molecule has 2 aromatic carbocycles. The van der Waals surface area contributed by atoms with E-state index in [2.05, 4.69) is 20.3 Å². The molecule has 2 heterocycles. The Hall–Kier alpha value is -3.08. The molecule has 0 atom stereocenters. The second-order valence-electron chi connectivity index (χ2n) is 5.16. The number of carbonyl (C=O) groups excluding carboxylic acids is 1. The molecule has 22 heavy (non-hydrogen) atoms. The van der Waals surface area contributed by atoms with Crippen molar-refractivity contribution in [1.29, 1.82) is 0 Å². The standard InChI is InChI=1S/C17H14N4O/c22-17(12-5-6-13-11(9-12)7-8-18-13)19-10-16-20-14-3-1-2-4-15(14)21-16/h1-9,18H,10H2,(H,19,22)(H,20,21). The van der Waals surface area contributed by atoms with Gasteiger partial charge in [-0.1, -0.05) is 12.1 Å². The van der Waals surface area contributed by atoms with E-state index in [4.69, 9.17) is 0 Å². The third-order valence-electron chi connectivity index (χ3n) is 3.67. The molecule has 0 aliphatic rings. The minimum absolute atomic E-state index is 0.108. The first-order valence-corrected chi connectivity index (χ1v) is 7.08. The van der Waals surface area contributed by atoms with Crippen molar-refractivity contribution in [3.63, 3.8) is 0 Å². The minimum Gasteiger partial charge on any atom is -0.361 e. The van der Waals surface area contributed by atoms with Crippen LogP contribution in [-0.2, 0) is 6.54 Å². The molecule has 4 aromatic rings. The molecule has 4 rings (SSSR count). The Labute approximate surface area is 126 Å². The number of benzene rings is 2. The van der Waals surface area contributed by atoms with Gasteiger partial charge in [-0.3, -0.25) is 4.79 Å². The number of hydrogen-bond donors (Lipinski definition) is 3. The van der Waals surface area contributed by atoms with Crippen molar-refractivity contribution in [2.75, 3.05) is 0 Å². The Morgan fingerprint density at radius 1 is 1.09 bits per heavy atom. The Bertz CT molecular complexity index is 934. The molecule has 0 bridgehead atoms. The number of H-pyrrole nitrogens is 2. The first-order chi connectivity index (χ1) is 10.8. The quantitative estimate of drug-likeness (QED) is 0.542. The number of para-hydroxylation sites is 2. The number of nitrogens with zero attached hydrogens (tertiary/aromatic N) is 1. The number of rotatable bonds is 3. The van der Waals surface area contributed by atoms with E-state index in [-0.39, 0.29) is 5.91 Å². The number of hydrogen-bond acceptors (Lipinski definition) is 2. The van der Waals surface area contributed by atoms with Crippen LogP contribution in [0.5, 0.6) is 0 Å². The van der Waals surface area contributed by atoms with E-state index in [0.29, 0.717) is 12.1 Å². The molecule has 3 N–H and O–H groups in total. The fourth-order valence-electron chi connectivity index (χ4n) is 2.55. The molecule has 0 unspecified atom stereocenters. The summed E-state index contributed by atoms with van der Waals surface area (Å²) in [6, 6.07) is 15.3. The molecular formula is C17H14N4O. The fourth-order valence-corrected chi connectivity index (χ4v) is 2.55. The maximum Gasteiger partial charge on any atom is 0.251 e. The van der Waals surface area contributed by atoms with Crippen molar-refractivity contribution in [3.05, 3.63) is 66.1 Å². The third-order valence-corrected chi connectivity index (χ3v) is 3.67. The normalized spacial score (nSPS) is 11.1. The summed E-state index contributed by atoms with van der Waals surface area (Å²) in [5.41, 5.74) is 3.54. The highest BCUT2D eigenvalue weighted by atomic mass is 16.1. The average Bonchev–Trinajstić information content (AvgIpc) is 3.17. The van der Waals surface area contributed by atoms with Crippen LogP contribution in [0.2, 0.25) is 0 Å². The SMILES string of the molecule is O=C(NCc1nc2ccccc2[nH]1)c1ccc2[nH]ccc2c1. The summed E-state index contributed by atoms with van der Waals surface area (Å²) in [6.07, 6.45) is 1.86. The first-order valence-electron chi connectivity index (χ1n) is 7.08. The van der Waals surface area contributed by atoms with E-state index in [0.717, 1.165) is 27.8 Å². The number of carbonyl (C=O) groups is 1. The highest BCUT2D eigenvalue weighted by Gasteiger charge is 2.08. The van der Waals surface area contributed by atoms with Crippen molar-refractivity contribution >= 4 is 27.8 Å². The topological polar surface area (TPSA) is 73.6 Å². The van der Waals surface area contributed by atoms with Crippen LogP contribution in [0.4, 0.5) is 0 Å². The number of aromatic amines is 2. The highest BCUT2D eigenvalue weighted by Crippen LogP contribution is 2.14. The number of amides is 1. The lowest BCUT2D eigenvalue weighted by Gasteiger charge is -2.03. The van der Waals surface area contributed by atoms with Gasteiger partial charge in [-0.05, 0) is 36.4 Å². The van der Waals surface area contributed by atoms with Crippen LogP contribution in [0.3, 0.4) is 0 Å². The summed E-state index contributed by atoms with van der Waals surface area (Å²) in [7, 11) is 0. The summed E-state index contributed by atoms with van der Waals surface area (Å²) < 4.78 is 0. The lowest BCUT2D eigenvalue weighted by Crippen LogP contribution is -2.23. The molecule has 5 nitrogen and oxygen atoms in total. The zero-order chi connectivity index (χ0) is 14.9. The molecule has 2 aromatic heterocycles. The summed E-state index contributed by atoms with van der Waals surface area (Å²) in [4.78, 5) is 23.0. The highest BCUT2D eigenvalue weighted by molar-refractivity contribution is 5.98. The Morgan fingerprint density at radius 3 is 2.91 bits per heavy atom. The first kappa shape index (κ1) is 12.6.